The van der Waals surface area contributed by atoms with Gasteiger partial charge >= 0.3 is 0 Å². The first-order valence-electron chi connectivity index (χ1n) is 5.71. The Balaban J connectivity index is 2.15. The molecular weight excluding hydrogens is 188 g/mol. The van der Waals surface area contributed by atoms with E-state index in [1.807, 2.05) is 7.05 Å². The number of nitrogens with one attached hydrogen (secondary N) is 2. The molecule has 1 fully saturated rings. The van der Waals surface area contributed by atoms with Crippen LogP contribution in [0.2, 0.25) is 0 Å². The van der Waals surface area contributed by atoms with E-state index >= 15 is 0 Å². The Morgan fingerprint density at radius 1 is 1.53 bits per heavy atom. The van der Waals surface area contributed by atoms with Crippen molar-refractivity contribution in [1.29, 1.82) is 0 Å². The Hall–Kier alpha value is -0.870. The average molecular weight is 208 g/mol. The fraction of sp³-hybridized carbons (Fsp3) is 0.727. The van der Waals surface area contributed by atoms with E-state index in [2.05, 4.69) is 27.1 Å². The summed E-state index contributed by atoms with van der Waals surface area (Å²) in [5.41, 5.74) is 2.40. The zero-order valence-corrected chi connectivity index (χ0v) is 9.58. The standard InChI is InChI=1S/C11H20N4/c1-9-11(14-8-13-9)10(7-12-2)15-5-3-4-6-15/h8,10,12H,3-7H2,1-2H3,(H,13,14). The van der Waals surface area contributed by atoms with Crippen LogP contribution in [0.5, 0.6) is 0 Å². The molecule has 1 unspecified atom stereocenters. The Morgan fingerprint density at radius 3 is 2.80 bits per heavy atom. The van der Waals surface area contributed by atoms with Gasteiger partial charge in [0.2, 0.25) is 0 Å². The van der Waals surface area contributed by atoms with Gasteiger partial charge in [0.25, 0.3) is 0 Å². The van der Waals surface area contributed by atoms with E-state index in [0.717, 1.165) is 6.54 Å². The molecule has 0 spiro atoms. The van der Waals surface area contributed by atoms with Crippen LogP contribution < -0.4 is 5.32 Å². The molecule has 1 aromatic heterocycles. The van der Waals surface area contributed by atoms with Gasteiger partial charge in [0, 0.05) is 12.2 Å². The highest BCUT2D eigenvalue weighted by Gasteiger charge is 2.25. The van der Waals surface area contributed by atoms with Crippen molar-refractivity contribution in [2.75, 3.05) is 26.7 Å². The molecule has 2 heterocycles. The fourth-order valence-electron chi connectivity index (χ4n) is 2.35. The summed E-state index contributed by atoms with van der Waals surface area (Å²) in [5.74, 6) is 0. The summed E-state index contributed by atoms with van der Waals surface area (Å²) < 4.78 is 0. The van der Waals surface area contributed by atoms with Crippen LogP contribution in [0.3, 0.4) is 0 Å². The number of aromatic amines is 1. The van der Waals surface area contributed by atoms with Crippen LogP contribution in [0.25, 0.3) is 0 Å². The first kappa shape index (κ1) is 10.6. The first-order valence-corrected chi connectivity index (χ1v) is 5.71. The summed E-state index contributed by atoms with van der Waals surface area (Å²) in [6.45, 7) is 5.49. The molecule has 0 amide bonds. The lowest BCUT2D eigenvalue weighted by atomic mass is 10.1. The minimum Gasteiger partial charge on any atom is -0.348 e. The predicted octanol–water partition coefficient (Wildman–Crippen LogP) is 1.07. The number of likely N-dealkylation sites (N-methyl/N-ethyl adjacent to an activating group) is 1. The molecule has 1 aliphatic rings. The molecule has 1 atom stereocenters. The van der Waals surface area contributed by atoms with Crippen molar-refractivity contribution in [2.24, 2.45) is 0 Å². The molecule has 0 radical (unpaired) electrons. The molecule has 0 bridgehead atoms. The van der Waals surface area contributed by atoms with Crippen LogP contribution in [0.15, 0.2) is 6.33 Å². The van der Waals surface area contributed by atoms with Crippen molar-refractivity contribution in [3.05, 3.63) is 17.7 Å². The second-order valence-corrected chi connectivity index (χ2v) is 4.23. The average Bonchev–Trinajstić information content (AvgIpc) is 2.85. The van der Waals surface area contributed by atoms with Crippen LogP contribution in [0, 0.1) is 6.92 Å². The maximum atomic E-state index is 4.44. The van der Waals surface area contributed by atoms with Gasteiger partial charge in [0.05, 0.1) is 18.1 Å². The molecule has 4 nitrogen and oxygen atoms in total. The molecule has 4 heteroatoms. The van der Waals surface area contributed by atoms with E-state index in [4.69, 9.17) is 0 Å². The summed E-state index contributed by atoms with van der Waals surface area (Å²) in [6, 6.07) is 0.434. The van der Waals surface area contributed by atoms with Crippen molar-refractivity contribution in [1.82, 2.24) is 20.2 Å². The lowest BCUT2D eigenvalue weighted by Gasteiger charge is -2.26. The van der Waals surface area contributed by atoms with E-state index in [-0.39, 0.29) is 0 Å². The number of imidazole rings is 1. The van der Waals surface area contributed by atoms with E-state index < -0.39 is 0 Å². The third-order valence-electron chi connectivity index (χ3n) is 3.16. The minimum atomic E-state index is 0.434. The Bertz CT molecular complexity index is 301. The highest BCUT2D eigenvalue weighted by Crippen LogP contribution is 2.24. The summed E-state index contributed by atoms with van der Waals surface area (Å²) in [5, 5.41) is 3.26. The van der Waals surface area contributed by atoms with Crippen LogP contribution in [0.4, 0.5) is 0 Å². The molecule has 2 rings (SSSR count). The second kappa shape index (κ2) is 4.77. The second-order valence-electron chi connectivity index (χ2n) is 4.23. The van der Waals surface area contributed by atoms with Gasteiger partial charge in [-0.1, -0.05) is 0 Å². The van der Waals surface area contributed by atoms with Crippen molar-refractivity contribution < 1.29 is 0 Å². The van der Waals surface area contributed by atoms with Crippen LogP contribution in [-0.4, -0.2) is 41.5 Å². The summed E-state index contributed by atoms with van der Waals surface area (Å²) in [6.07, 6.45) is 4.44. The smallest absolute Gasteiger partial charge is 0.0925 e. The normalized spacial score (nSPS) is 19.6. The Labute approximate surface area is 91.1 Å². The van der Waals surface area contributed by atoms with Gasteiger partial charge in [0.1, 0.15) is 0 Å². The molecule has 1 saturated heterocycles. The van der Waals surface area contributed by atoms with Gasteiger partial charge in [-0.25, -0.2) is 4.98 Å². The van der Waals surface area contributed by atoms with Gasteiger partial charge in [0.15, 0.2) is 0 Å². The number of hydrogen-bond donors (Lipinski definition) is 2. The fourth-order valence-corrected chi connectivity index (χ4v) is 2.35. The van der Waals surface area contributed by atoms with E-state index in [1.54, 1.807) is 6.33 Å². The maximum absolute atomic E-state index is 4.44. The molecule has 1 aromatic rings. The van der Waals surface area contributed by atoms with E-state index in [0.29, 0.717) is 6.04 Å². The van der Waals surface area contributed by atoms with Crippen molar-refractivity contribution >= 4 is 0 Å². The lowest BCUT2D eigenvalue weighted by molar-refractivity contribution is 0.237. The van der Waals surface area contributed by atoms with Crippen molar-refractivity contribution in [3.63, 3.8) is 0 Å². The number of aromatic nitrogens is 2. The minimum absolute atomic E-state index is 0.434. The Morgan fingerprint density at radius 2 is 2.27 bits per heavy atom. The van der Waals surface area contributed by atoms with Gasteiger partial charge in [-0.3, -0.25) is 4.90 Å². The highest BCUT2D eigenvalue weighted by molar-refractivity contribution is 5.15. The number of aryl methyl sites for hydroxylation is 1. The molecule has 15 heavy (non-hydrogen) atoms. The number of likely N-dealkylation sites (tertiary alicyclic amines) is 1. The molecule has 1 aliphatic heterocycles. The lowest BCUT2D eigenvalue weighted by Crippen LogP contribution is -2.33. The number of hydrogen-bond acceptors (Lipinski definition) is 3. The predicted molar refractivity (Wildman–Crippen MR) is 60.8 cm³/mol. The largest absolute Gasteiger partial charge is 0.348 e. The van der Waals surface area contributed by atoms with Gasteiger partial charge in [-0.15, -0.1) is 0 Å². The molecule has 2 N–H and O–H groups in total. The van der Waals surface area contributed by atoms with Gasteiger partial charge < -0.3 is 10.3 Å². The van der Waals surface area contributed by atoms with Crippen molar-refractivity contribution in [3.8, 4) is 0 Å². The van der Waals surface area contributed by atoms with E-state index in [1.165, 1.54) is 37.3 Å². The molecule has 0 saturated carbocycles. The first-order chi connectivity index (χ1) is 7.33. The van der Waals surface area contributed by atoms with Crippen LogP contribution in [0.1, 0.15) is 30.3 Å². The monoisotopic (exact) mass is 208 g/mol. The van der Waals surface area contributed by atoms with Crippen LogP contribution in [-0.2, 0) is 0 Å². The zero-order valence-electron chi connectivity index (χ0n) is 9.58. The zero-order chi connectivity index (χ0) is 10.7. The van der Waals surface area contributed by atoms with Crippen molar-refractivity contribution in [2.45, 2.75) is 25.8 Å². The van der Waals surface area contributed by atoms with Gasteiger partial charge in [-0.05, 0) is 39.9 Å². The quantitative estimate of drug-likeness (QED) is 0.778. The van der Waals surface area contributed by atoms with E-state index in [9.17, 15) is 0 Å². The third kappa shape index (κ3) is 2.21. The van der Waals surface area contributed by atoms with Crippen LogP contribution >= 0.6 is 0 Å². The highest BCUT2D eigenvalue weighted by atomic mass is 15.2. The third-order valence-corrected chi connectivity index (χ3v) is 3.16. The van der Waals surface area contributed by atoms with Gasteiger partial charge in [-0.2, -0.15) is 0 Å². The summed E-state index contributed by atoms with van der Waals surface area (Å²) in [4.78, 5) is 10.1. The molecule has 84 valence electrons. The summed E-state index contributed by atoms with van der Waals surface area (Å²) in [7, 11) is 2.01. The molecule has 0 aliphatic carbocycles. The number of H-pyrrole nitrogens is 1. The number of nitrogens with zero attached hydrogens (tertiary/aromatic N) is 2. The molecule has 0 aromatic carbocycles. The SMILES string of the molecule is CNCC(c1nc[nH]c1C)N1CCCC1. The molecular formula is C11H20N4. The Kier molecular flexibility index (Phi) is 3.38. The maximum Gasteiger partial charge on any atom is 0.0925 e. The number of rotatable bonds is 4. The summed E-state index contributed by atoms with van der Waals surface area (Å²) >= 11 is 0. The topological polar surface area (TPSA) is 44.0 Å².